The molecule has 2 fully saturated rings. The van der Waals surface area contributed by atoms with Crippen molar-refractivity contribution in [3.63, 3.8) is 0 Å². The van der Waals surface area contributed by atoms with Crippen LogP contribution in [0.15, 0.2) is 54.9 Å². The number of nitrogens with zero attached hydrogens (tertiary/aromatic N) is 2. The van der Waals surface area contributed by atoms with Gasteiger partial charge in [-0.1, -0.05) is 24.0 Å². The van der Waals surface area contributed by atoms with Gasteiger partial charge in [-0.25, -0.2) is 9.37 Å². The van der Waals surface area contributed by atoms with Gasteiger partial charge in [0.25, 0.3) is 0 Å². The molecule has 2 saturated heterocycles. The molecule has 3 aromatic rings. The highest BCUT2D eigenvalue weighted by molar-refractivity contribution is 5.66. The highest BCUT2D eigenvalue weighted by Gasteiger charge is 2.28. The minimum Gasteiger partial charge on any atom is -0.485 e. The second-order valence-corrected chi connectivity index (χ2v) is 9.71. The van der Waals surface area contributed by atoms with Crippen LogP contribution in [0.25, 0.3) is 11.1 Å². The van der Waals surface area contributed by atoms with E-state index in [2.05, 4.69) is 16.8 Å². The quantitative estimate of drug-likeness (QED) is 0.420. The third kappa shape index (κ3) is 6.67. The standard InChI is InChI=1S/C30H33FN2O6/c1-20(38-29-4-2-3-15-37-29)30-32-13-14-33(30)23(17-34)10-7-21-5-8-22(9-6-21)25-12-11-24(16-26(25)31)39-28-19-36-18-27(28)35/h5-6,8-9,11-14,16,20,23,27-29,34-35H,2-4,15,17-19H2,1H3/t20-,23-,27+,28?,29?/m0/s1. The number of ether oxygens (including phenoxy) is 4. The van der Waals surface area contributed by atoms with E-state index in [9.17, 15) is 14.6 Å². The third-order valence-corrected chi connectivity index (χ3v) is 6.87. The Kier molecular flexibility index (Phi) is 8.91. The van der Waals surface area contributed by atoms with Crippen molar-refractivity contribution in [2.75, 3.05) is 26.4 Å². The maximum atomic E-state index is 14.9. The van der Waals surface area contributed by atoms with Gasteiger partial charge in [0, 0.05) is 36.2 Å². The first-order valence-electron chi connectivity index (χ1n) is 13.3. The van der Waals surface area contributed by atoms with E-state index in [-0.39, 0.29) is 32.2 Å². The van der Waals surface area contributed by atoms with Gasteiger partial charge in [0.15, 0.2) is 6.29 Å². The van der Waals surface area contributed by atoms with Gasteiger partial charge < -0.3 is 33.7 Å². The van der Waals surface area contributed by atoms with E-state index in [4.69, 9.17) is 18.9 Å². The van der Waals surface area contributed by atoms with Crippen molar-refractivity contribution in [3.8, 4) is 28.7 Å². The van der Waals surface area contributed by atoms with Gasteiger partial charge in [0.1, 0.15) is 41.7 Å². The first-order valence-corrected chi connectivity index (χ1v) is 13.3. The lowest BCUT2D eigenvalue weighted by Crippen LogP contribution is -2.29. The number of aliphatic hydroxyl groups is 2. The molecule has 8 nitrogen and oxygen atoms in total. The maximum Gasteiger partial charge on any atom is 0.158 e. The van der Waals surface area contributed by atoms with Crippen LogP contribution >= 0.6 is 0 Å². The van der Waals surface area contributed by atoms with Gasteiger partial charge in [0.05, 0.1) is 19.8 Å². The molecule has 5 atom stereocenters. The minimum absolute atomic E-state index is 0.190. The average Bonchev–Trinajstić information content (AvgIpc) is 3.60. The molecule has 0 bridgehead atoms. The fraction of sp³-hybridized carbons (Fsp3) is 0.433. The zero-order chi connectivity index (χ0) is 27.2. The Morgan fingerprint density at radius 2 is 2.03 bits per heavy atom. The number of hydrogen-bond donors (Lipinski definition) is 2. The molecule has 39 heavy (non-hydrogen) atoms. The Bertz CT molecular complexity index is 1290. The number of aliphatic hydroxyl groups excluding tert-OH is 2. The fourth-order valence-corrected chi connectivity index (χ4v) is 4.73. The van der Waals surface area contributed by atoms with Gasteiger partial charge >= 0.3 is 0 Å². The van der Waals surface area contributed by atoms with Gasteiger partial charge in [-0.3, -0.25) is 0 Å². The van der Waals surface area contributed by atoms with Gasteiger partial charge in [-0.2, -0.15) is 0 Å². The van der Waals surface area contributed by atoms with Crippen LogP contribution in [0.3, 0.4) is 0 Å². The molecule has 2 N–H and O–H groups in total. The van der Waals surface area contributed by atoms with Crippen LogP contribution in [0.5, 0.6) is 5.75 Å². The maximum absolute atomic E-state index is 14.9. The van der Waals surface area contributed by atoms with Crippen molar-refractivity contribution in [1.29, 1.82) is 0 Å². The van der Waals surface area contributed by atoms with Crippen LogP contribution in [0.4, 0.5) is 4.39 Å². The summed E-state index contributed by atoms with van der Waals surface area (Å²) in [5.41, 5.74) is 1.85. The average molecular weight is 537 g/mol. The Labute approximate surface area is 227 Å². The lowest BCUT2D eigenvalue weighted by atomic mass is 10.0. The molecule has 2 unspecified atom stereocenters. The summed E-state index contributed by atoms with van der Waals surface area (Å²) < 4.78 is 39.3. The second-order valence-electron chi connectivity index (χ2n) is 9.71. The number of imidazole rings is 1. The fourth-order valence-electron chi connectivity index (χ4n) is 4.73. The lowest BCUT2D eigenvalue weighted by Gasteiger charge is -2.26. The summed E-state index contributed by atoms with van der Waals surface area (Å²) in [5, 5.41) is 19.9. The summed E-state index contributed by atoms with van der Waals surface area (Å²) in [7, 11) is 0. The lowest BCUT2D eigenvalue weighted by molar-refractivity contribution is -0.188. The zero-order valence-electron chi connectivity index (χ0n) is 21.8. The second kappa shape index (κ2) is 12.7. The molecular formula is C30H33FN2O6. The Balaban J connectivity index is 1.25. The molecule has 2 aliphatic heterocycles. The highest BCUT2D eigenvalue weighted by Crippen LogP contribution is 2.28. The van der Waals surface area contributed by atoms with Crippen LogP contribution < -0.4 is 4.74 Å². The predicted molar refractivity (Wildman–Crippen MR) is 141 cm³/mol. The van der Waals surface area contributed by atoms with Crippen LogP contribution in [-0.2, 0) is 14.2 Å². The van der Waals surface area contributed by atoms with Crippen LogP contribution in [-0.4, -0.2) is 64.7 Å². The van der Waals surface area contributed by atoms with Crippen LogP contribution in [0, 0.1) is 17.7 Å². The molecule has 9 heteroatoms. The number of halogens is 1. The number of hydrogen-bond acceptors (Lipinski definition) is 7. The van der Waals surface area contributed by atoms with E-state index in [0.717, 1.165) is 24.8 Å². The number of aromatic nitrogens is 2. The van der Waals surface area contributed by atoms with Crippen LogP contribution in [0.1, 0.15) is 49.7 Å². The smallest absolute Gasteiger partial charge is 0.158 e. The first-order chi connectivity index (χ1) is 19.0. The van der Waals surface area contributed by atoms with Crippen LogP contribution in [0.2, 0.25) is 0 Å². The molecule has 2 aromatic carbocycles. The first kappa shape index (κ1) is 27.3. The molecule has 1 aromatic heterocycles. The van der Waals surface area contributed by atoms with Crippen molar-refractivity contribution in [1.82, 2.24) is 9.55 Å². The highest BCUT2D eigenvalue weighted by atomic mass is 19.1. The summed E-state index contributed by atoms with van der Waals surface area (Å²) in [6.07, 6.45) is 4.63. The minimum atomic E-state index is -0.722. The van der Waals surface area contributed by atoms with Crippen molar-refractivity contribution >= 4 is 0 Å². The molecule has 206 valence electrons. The number of rotatable bonds is 8. The third-order valence-electron chi connectivity index (χ3n) is 6.87. The largest absolute Gasteiger partial charge is 0.485 e. The Hall–Kier alpha value is -3.26. The molecule has 0 aliphatic carbocycles. The van der Waals surface area contributed by atoms with Gasteiger partial charge in [-0.05, 0) is 56.0 Å². The van der Waals surface area contributed by atoms with E-state index in [0.29, 0.717) is 29.3 Å². The topological polar surface area (TPSA) is 95.2 Å². The Morgan fingerprint density at radius 1 is 1.18 bits per heavy atom. The summed E-state index contributed by atoms with van der Waals surface area (Å²) in [5.74, 6) is 6.81. The molecule has 2 aliphatic rings. The van der Waals surface area contributed by atoms with Gasteiger partial charge in [0.2, 0.25) is 0 Å². The SMILES string of the molecule is C[C@H](OC1CCCCO1)c1nccn1[C@@H](C#Cc1ccc(-c2ccc(OC3COC[C@H]3O)cc2F)cc1)CO. The van der Waals surface area contributed by atoms with Crippen molar-refractivity contribution in [2.24, 2.45) is 0 Å². The Morgan fingerprint density at radius 3 is 2.72 bits per heavy atom. The van der Waals surface area contributed by atoms with Crippen molar-refractivity contribution in [2.45, 2.75) is 56.8 Å². The normalized spacial score (nSPS) is 22.6. The van der Waals surface area contributed by atoms with E-state index in [1.807, 2.05) is 23.6 Å². The summed E-state index contributed by atoms with van der Waals surface area (Å²) >= 11 is 0. The predicted octanol–water partition coefficient (Wildman–Crippen LogP) is 4.02. The van der Waals surface area contributed by atoms with E-state index >= 15 is 0 Å². The van der Waals surface area contributed by atoms with Crippen molar-refractivity contribution in [3.05, 3.63) is 72.1 Å². The monoisotopic (exact) mass is 536 g/mol. The van der Waals surface area contributed by atoms with E-state index in [1.54, 1.807) is 36.7 Å². The molecule has 0 spiro atoms. The van der Waals surface area contributed by atoms with Crippen molar-refractivity contribution < 1.29 is 33.6 Å². The molecule has 0 saturated carbocycles. The molecular weight excluding hydrogens is 503 g/mol. The van der Waals surface area contributed by atoms with E-state index < -0.39 is 24.1 Å². The molecule has 3 heterocycles. The summed E-state index contributed by atoms with van der Waals surface area (Å²) in [4.78, 5) is 4.44. The molecule has 0 amide bonds. The summed E-state index contributed by atoms with van der Waals surface area (Å²) in [6, 6.07) is 11.4. The van der Waals surface area contributed by atoms with E-state index in [1.165, 1.54) is 6.07 Å². The molecule has 5 rings (SSSR count). The molecule has 0 radical (unpaired) electrons. The zero-order valence-corrected chi connectivity index (χ0v) is 21.8. The number of benzene rings is 2. The summed E-state index contributed by atoms with van der Waals surface area (Å²) in [6.45, 7) is 2.91. The van der Waals surface area contributed by atoms with Gasteiger partial charge in [-0.15, -0.1) is 0 Å².